The van der Waals surface area contributed by atoms with E-state index in [0.717, 1.165) is 30.9 Å². The summed E-state index contributed by atoms with van der Waals surface area (Å²) in [6, 6.07) is 16.4. The Morgan fingerprint density at radius 2 is 1.88 bits per heavy atom. The molecule has 5 nitrogen and oxygen atoms in total. The molecule has 3 atom stereocenters. The molecule has 0 bridgehead atoms. The fraction of sp³-hybridized carbons (Fsp3) is 0.400. The fourth-order valence-corrected chi connectivity index (χ4v) is 4.13. The van der Waals surface area contributed by atoms with Crippen LogP contribution in [-0.4, -0.2) is 53.0 Å². The van der Waals surface area contributed by atoms with Gasteiger partial charge in [0.15, 0.2) is 0 Å². The third-order valence-corrected chi connectivity index (χ3v) is 5.29. The molecule has 130 valence electrons. The highest BCUT2D eigenvalue weighted by Crippen LogP contribution is 2.35. The third kappa shape index (κ3) is 3.17. The number of ether oxygens (including phenoxy) is 1. The van der Waals surface area contributed by atoms with Crippen LogP contribution in [0.15, 0.2) is 54.7 Å². The molecule has 0 N–H and O–H groups in total. The maximum absolute atomic E-state index is 12.8. The Labute approximate surface area is 148 Å². The summed E-state index contributed by atoms with van der Waals surface area (Å²) in [5.74, 6) is 0.351. The number of aromatic nitrogens is 1. The van der Waals surface area contributed by atoms with E-state index in [9.17, 15) is 4.79 Å². The maximum atomic E-state index is 12.8. The molecule has 25 heavy (non-hydrogen) atoms. The molecule has 2 saturated heterocycles. The van der Waals surface area contributed by atoms with Crippen LogP contribution in [0.5, 0.6) is 0 Å². The van der Waals surface area contributed by atoms with Crippen molar-refractivity contribution < 1.29 is 9.53 Å². The monoisotopic (exact) mass is 337 g/mol. The van der Waals surface area contributed by atoms with Crippen LogP contribution >= 0.6 is 0 Å². The molecule has 3 heterocycles. The van der Waals surface area contributed by atoms with Gasteiger partial charge >= 0.3 is 0 Å². The first-order valence-electron chi connectivity index (χ1n) is 8.75. The van der Waals surface area contributed by atoms with E-state index in [0.29, 0.717) is 6.54 Å². The van der Waals surface area contributed by atoms with Crippen molar-refractivity contribution in [2.75, 3.05) is 20.2 Å². The number of rotatable bonds is 5. The highest BCUT2D eigenvalue weighted by Gasteiger charge is 2.52. The van der Waals surface area contributed by atoms with Crippen molar-refractivity contribution in [1.29, 1.82) is 0 Å². The lowest BCUT2D eigenvalue weighted by atomic mass is 10.0. The Kier molecular flexibility index (Phi) is 4.51. The summed E-state index contributed by atoms with van der Waals surface area (Å²) in [5.41, 5.74) is 2.23. The lowest BCUT2D eigenvalue weighted by molar-refractivity contribution is -0.138. The van der Waals surface area contributed by atoms with Crippen molar-refractivity contribution >= 4 is 5.91 Å². The van der Waals surface area contributed by atoms with Gasteiger partial charge in [0.05, 0.1) is 11.7 Å². The summed E-state index contributed by atoms with van der Waals surface area (Å²) in [6.45, 7) is 3.21. The van der Waals surface area contributed by atoms with E-state index in [1.807, 2.05) is 41.4 Å². The van der Waals surface area contributed by atoms with Gasteiger partial charge in [0, 0.05) is 45.4 Å². The minimum absolute atomic E-state index is 0.124. The number of carbonyl (C=O) groups is 1. The molecule has 0 radical (unpaired) electrons. The van der Waals surface area contributed by atoms with Crippen LogP contribution in [0.25, 0.3) is 0 Å². The average Bonchev–Trinajstić information content (AvgIpc) is 3.14. The van der Waals surface area contributed by atoms with Gasteiger partial charge in [0.1, 0.15) is 6.10 Å². The first kappa shape index (κ1) is 16.2. The van der Waals surface area contributed by atoms with Crippen LogP contribution in [0.3, 0.4) is 0 Å². The summed E-state index contributed by atoms with van der Waals surface area (Å²) >= 11 is 0. The number of nitrogens with zero attached hydrogens (tertiary/aromatic N) is 3. The van der Waals surface area contributed by atoms with Crippen LogP contribution in [0.4, 0.5) is 0 Å². The number of carbonyl (C=O) groups excluding carboxylic acids is 1. The first-order valence-corrected chi connectivity index (χ1v) is 8.75. The molecule has 1 amide bonds. The summed E-state index contributed by atoms with van der Waals surface area (Å²) < 4.78 is 5.57. The maximum Gasteiger partial charge on any atom is 0.252 e. The van der Waals surface area contributed by atoms with Crippen LogP contribution in [-0.2, 0) is 22.6 Å². The molecular formula is C20H23N3O2. The van der Waals surface area contributed by atoms with E-state index in [-0.39, 0.29) is 24.0 Å². The lowest BCUT2D eigenvalue weighted by Crippen LogP contribution is -2.38. The van der Waals surface area contributed by atoms with Crippen LogP contribution in [0.1, 0.15) is 11.3 Å². The highest BCUT2D eigenvalue weighted by atomic mass is 16.5. The second kappa shape index (κ2) is 6.94. The topological polar surface area (TPSA) is 45.7 Å². The number of likely N-dealkylation sites (tertiary alicyclic amines) is 2. The third-order valence-electron chi connectivity index (χ3n) is 5.29. The smallest absolute Gasteiger partial charge is 0.252 e. The number of hydrogen-bond donors (Lipinski definition) is 0. The second-order valence-corrected chi connectivity index (χ2v) is 6.85. The average molecular weight is 337 g/mol. The Bertz CT molecular complexity index is 722. The number of fused-ring (bicyclic) bond motifs is 1. The molecule has 2 aromatic rings. The zero-order chi connectivity index (χ0) is 17.2. The van der Waals surface area contributed by atoms with Gasteiger partial charge in [-0.2, -0.15) is 0 Å². The zero-order valence-electron chi connectivity index (χ0n) is 14.4. The van der Waals surface area contributed by atoms with Gasteiger partial charge in [-0.05, 0) is 17.7 Å². The molecule has 0 aliphatic carbocycles. The Balaban J connectivity index is 1.50. The Morgan fingerprint density at radius 1 is 1.08 bits per heavy atom. The van der Waals surface area contributed by atoms with Gasteiger partial charge in [0.25, 0.3) is 5.91 Å². The minimum atomic E-state index is -0.331. The summed E-state index contributed by atoms with van der Waals surface area (Å²) in [7, 11) is 1.65. The van der Waals surface area contributed by atoms with E-state index in [1.165, 1.54) is 0 Å². The van der Waals surface area contributed by atoms with Gasteiger partial charge in [-0.3, -0.25) is 14.7 Å². The summed E-state index contributed by atoms with van der Waals surface area (Å²) in [5, 5.41) is 0. The molecule has 2 aliphatic rings. The van der Waals surface area contributed by atoms with Crippen LogP contribution in [0, 0.1) is 5.92 Å². The summed E-state index contributed by atoms with van der Waals surface area (Å²) in [4.78, 5) is 21.6. The number of benzene rings is 1. The van der Waals surface area contributed by atoms with Gasteiger partial charge in [-0.25, -0.2) is 0 Å². The van der Waals surface area contributed by atoms with Crippen molar-refractivity contribution in [1.82, 2.24) is 14.8 Å². The highest BCUT2D eigenvalue weighted by molar-refractivity contribution is 5.84. The predicted octanol–water partition coefficient (Wildman–Crippen LogP) is 1.94. The number of amides is 1. The predicted molar refractivity (Wildman–Crippen MR) is 94.6 cm³/mol. The van der Waals surface area contributed by atoms with Crippen molar-refractivity contribution in [3.8, 4) is 0 Å². The summed E-state index contributed by atoms with van der Waals surface area (Å²) in [6.07, 6.45) is 1.50. The van der Waals surface area contributed by atoms with E-state index in [4.69, 9.17) is 4.74 Å². The van der Waals surface area contributed by atoms with Gasteiger partial charge < -0.3 is 9.64 Å². The lowest BCUT2D eigenvalue weighted by Gasteiger charge is -2.25. The number of methoxy groups -OCH3 is 1. The van der Waals surface area contributed by atoms with Gasteiger partial charge in [-0.1, -0.05) is 36.4 Å². The second-order valence-electron chi connectivity index (χ2n) is 6.85. The first-order chi connectivity index (χ1) is 12.3. The molecule has 0 saturated carbocycles. The fourth-order valence-electron chi connectivity index (χ4n) is 4.13. The van der Waals surface area contributed by atoms with Crippen molar-refractivity contribution in [3.05, 3.63) is 66.0 Å². The molecule has 5 heteroatoms. The Morgan fingerprint density at radius 3 is 2.60 bits per heavy atom. The van der Waals surface area contributed by atoms with Crippen molar-refractivity contribution in [2.45, 2.75) is 25.2 Å². The van der Waals surface area contributed by atoms with E-state index >= 15 is 0 Å². The molecule has 4 rings (SSSR count). The normalized spacial score (nSPS) is 26.2. The van der Waals surface area contributed by atoms with E-state index in [1.54, 1.807) is 7.11 Å². The van der Waals surface area contributed by atoms with Crippen LogP contribution < -0.4 is 0 Å². The molecule has 0 spiro atoms. The molecule has 0 unspecified atom stereocenters. The van der Waals surface area contributed by atoms with Gasteiger partial charge in [0.2, 0.25) is 0 Å². The SMILES string of the molecule is CO[C@@H]1C(=O)N(Cc2ccccc2)[C@@H]2CN(Cc3ccccn3)C[C@H]12. The quantitative estimate of drug-likeness (QED) is 0.836. The molecule has 1 aromatic carbocycles. The number of hydrogen-bond acceptors (Lipinski definition) is 4. The van der Waals surface area contributed by atoms with Crippen LogP contribution in [0.2, 0.25) is 0 Å². The van der Waals surface area contributed by atoms with Crippen molar-refractivity contribution in [2.24, 2.45) is 5.92 Å². The Hall–Kier alpha value is -2.24. The molecule has 1 aromatic heterocycles. The molecule has 2 fully saturated rings. The minimum Gasteiger partial charge on any atom is -0.371 e. The standard InChI is InChI=1S/C20H23N3O2/c1-25-19-17-13-22(12-16-9-5-6-10-21-16)14-18(17)23(20(19)24)11-15-7-3-2-4-8-15/h2-10,17-19H,11-14H2,1H3/t17-,18+,19-/m0/s1. The zero-order valence-corrected chi connectivity index (χ0v) is 14.4. The largest absolute Gasteiger partial charge is 0.371 e. The van der Waals surface area contributed by atoms with E-state index < -0.39 is 0 Å². The number of pyridine rings is 1. The molecular weight excluding hydrogens is 314 g/mol. The van der Waals surface area contributed by atoms with Crippen molar-refractivity contribution in [3.63, 3.8) is 0 Å². The van der Waals surface area contributed by atoms with E-state index in [2.05, 4.69) is 28.1 Å². The molecule has 2 aliphatic heterocycles. The van der Waals surface area contributed by atoms with Gasteiger partial charge in [-0.15, -0.1) is 0 Å².